The second kappa shape index (κ2) is 13.7. The zero-order valence-electron chi connectivity index (χ0n) is 23.7. The van der Waals surface area contributed by atoms with E-state index in [1.54, 1.807) is 16.7 Å². The van der Waals surface area contributed by atoms with E-state index in [4.69, 9.17) is 5.11 Å². The Balaban J connectivity index is 1.91. The lowest BCUT2D eigenvalue weighted by atomic mass is 9.92. The Labute approximate surface area is 247 Å². The summed E-state index contributed by atoms with van der Waals surface area (Å²) >= 11 is 0. The Hall–Kier alpha value is -4.41. The number of rotatable bonds is 12. The van der Waals surface area contributed by atoms with E-state index in [1.165, 1.54) is 60.7 Å². The highest BCUT2D eigenvalue weighted by Gasteiger charge is 2.30. The van der Waals surface area contributed by atoms with E-state index in [2.05, 4.69) is 5.32 Å². The third-order valence-corrected chi connectivity index (χ3v) is 7.08. The van der Waals surface area contributed by atoms with Crippen LogP contribution >= 0.6 is 0 Å². The fourth-order valence-electron chi connectivity index (χ4n) is 5.25. The smallest absolute Gasteiger partial charge is 0.305 e. The molecule has 4 rings (SSSR count). The van der Waals surface area contributed by atoms with Crippen LogP contribution < -0.4 is 5.32 Å². The first-order chi connectivity index (χ1) is 20.4. The third-order valence-electron chi connectivity index (χ3n) is 7.08. The van der Waals surface area contributed by atoms with Gasteiger partial charge in [0.2, 0.25) is 0 Å². The molecule has 1 amide bonds. The molecule has 0 saturated heterocycles. The van der Waals surface area contributed by atoms with Crippen molar-refractivity contribution >= 4 is 17.6 Å². The minimum absolute atomic E-state index is 0.115. The molecule has 0 radical (unpaired) electrons. The highest BCUT2D eigenvalue weighted by atomic mass is 19.1. The molecule has 0 aliphatic carbocycles. The molecule has 0 spiro atoms. The predicted molar refractivity (Wildman–Crippen MR) is 157 cm³/mol. The van der Waals surface area contributed by atoms with E-state index in [0.717, 1.165) is 0 Å². The van der Waals surface area contributed by atoms with Gasteiger partial charge in [0.1, 0.15) is 23.1 Å². The van der Waals surface area contributed by atoms with E-state index in [0.29, 0.717) is 33.6 Å². The molecule has 0 aliphatic heterocycles. The van der Waals surface area contributed by atoms with Crippen molar-refractivity contribution in [2.75, 3.05) is 5.32 Å². The molecule has 4 N–H and O–H groups in total. The van der Waals surface area contributed by atoms with E-state index in [-0.39, 0.29) is 31.0 Å². The van der Waals surface area contributed by atoms with Gasteiger partial charge in [-0.05, 0) is 92.8 Å². The molecule has 2 atom stereocenters. The number of hydrogen-bond donors (Lipinski definition) is 4. The van der Waals surface area contributed by atoms with E-state index < -0.39 is 48.0 Å². The lowest BCUT2D eigenvalue weighted by molar-refractivity contribution is -0.139. The molecule has 226 valence electrons. The first-order valence-electron chi connectivity index (χ1n) is 13.9. The van der Waals surface area contributed by atoms with Gasteiger partial charge in [0, 0.05) is 28.6 Å². The van der Waals surface area contributed by atoms with Crippen molar-refractivity contribution in [2.45, 2.75) is 57.8 Å². The number of halogens is 3. The molecule has 10 heteroatoms. The van der Waals surface area contributed by atoms with Crippen LogP contribution in [0.25, 0.3) is 22.3 Å². The fraction of sp³-hybridized carbons (Fsp3) is 0.273. The van der Waals surface area contributed by atoms with E-state index in [9.17, 15) is 33.0 Å². The van der Waals surface area contributed by atoms with Gasteiger partial charge in [-0.3, -0.25) is 9.59 Å². The van der Waals surface area contributed by atoms with Crippen LogP contribution in [0.2, 0.25) is 0 Å². The average molecular weight is 595 g/mol. The van der Waals surface area contributed by atoms with Crippen LogP contribution in [-0.2, 0) is 11.2 Å². The summed E-state index contributed by atoms with van der Waals surface area (Å²) in [5.74, 6) is -3.12. The number of aliphatic hydroxyl groups is 2. The molecule has 4 aromatic rings. The Morgan fingerprint density at radius 3 is 1.74 bits per heavy atom. The summed E-state index contributed by atoms with van der Waals surface area (Å²) in [6.07, 6.45) is -2.66. The fourth-order valence-corrected chi connectivity index (χ4v) is 5.25. The van der Waals surface area contributed by atoms with Crippen LogP contribution in [0.1, 0.15) is 55.3 Å². The Morgan fingerprint density at radius 1 is 0.767 bits per heavy atom. The highest BCUT2D eigenvalue weighted by Crippen LogP contribution is 2.43. The number of carboxylic acid groups (broad SMARTS) is 1. The maximum atomic E-state index is 14.0. The number of benzene rings is 3. The molecule has 43 heavy (non-hydrogen) atoms. The lowest BCUT2D eigenvalue weighted by Crippen LogP contribution is -2.22. The van der Waals surface area contributed by atoms with Gasteiger partial charge < -0.3 is 25.2 Å². The summed E-state index contributed by atoms with van der Waals surface area (Å²) in [6.45, 7) is 3.74. The second-order valence-corrected chi connectivity index (χ2v) is 10.7. The van der Waals surface area contributed by atoms with Crippen molar-refractivity contribution in [3.05, 3.63) is 102 Å². The summed E-state index contributed by atoms with van der Waals surface area (Å²) in [7, 11) is 0. The van der Waals surface area contributed by atoms with Crippen molar-refractivity contribution in [3.8, 4) is 22.3 Å². The number of amides is 1. The molecule has 0 aliphatic rings. The molecule has 1 heterocycles. The van der Waals surface area contributed by atoms with Crippen LogP contribution in [0.5, 0.6) is 0 Å². The number of anilines is 1. The van der Waals surface area contributed by atoms with Gasteiger partial charge in [-0.25, -0.2) is 13.2 Å². The maximum Gasteiger partial charge on any atom is 0.305 e. The van der Waals surface area contributed by atoms with Gasteiger partial charge in [0.15, 0.2) is 0 Å². The lowest BCUT2D eigenvalue weighted by Gasteiger charge is -2.20. The van der Waals surface area contributed by atoms with Crippen molar-refractivity contribution in [1.82, 2.24) is 4.57 Å². The Morgan fingerprint density at radius 2 is 1.26 bits per heavy atom. The predicted octanol–water partition coefficient (Wildman–Crippen LogP) is 6.59. The summed E-state index contributed by atoms with van der Waals surface area (Å²) in [5, 5.41) is 32.5. The Bertz CT molecular complexity index is 1570. The second-order valence-electron chi connectivity index (χ2n) is 10.7. The van der Waals surface area contributed by atoms with E-state index in [1.807, 2.05) is 13.8 Å². The highest BCUT2D eigenvalue weighted by molar-refractivity contribution is 6.11. The number of nitrogens with zero attached hydrogens (tertiary/aromatic N) is 1. The molecule has 1 aromatic heterocycles. The largest absolute Gasteiger partial charge is 0.481 e. The standard InChI is InChI=1S/C33H33F3N2O5/c1-19(2)38-28(16-15-26(39)17-27(40)18-29(41)42)30(20-3-7-22(34)8-4-20)31(21-5-9-23(35)10-6-21)32(38)33(43)37-25-13-11-24(36)12-14-25/h3-14,19,26-27,39-40H,15-18H2,1-2H3,(H,37,43)(H,41,42). The SMILES string of the molecule is CC(C)n1c(CCC(O)CC(O)CC(=O)O)c(-c2ccc(F)cc2)c(-c2ccc(F)cc2)c1C(=O)Nc1ccc(F)cc1. The zero-order chi connectivity index (χ0) is 31.3. The van der Waals surface area contributed by atoms with Crippen molar-refractivity contribution in [2.24, 2.45) is 0 Å². The van der Waals surface area contributed by atoms with Gasteiger partial charge >= 0.3 is 5.97 Å². The third kappa shape index (κ3) is 7.71. The van der Waals surface area contributed by atoms with Crippen LogP contribution in [0, 0.1) is 17.5 Å². The first kappa shape index (κ1) is 31.5. The number of carboxylic acids is 1. The number of aliphatic carboxylic acids is 1. The normalized spacial score (nSPS) is 12.7. The van der Waals surface area contributed by atoms with Crippen molar-refractivity contribution < 1.29 is 38.1 Å². The summed E-state index contributed by atoms with van der Waals surface area (Å²) in [5.41, 5.74) is 3.31. The van der Waals surface area contributed by atoms with Gasteiger partial charge in [-0.2, -0.15) is 0 Å². The number of aliphatic hydroxyl groups excluding tert-OH is 2. The van der Waals surface area contributed by atoms with Gasteiger partial charge in [-0.1, -0.05) is 24.3 Å². The van der Waals surface area contributed by atoms with Crippen molar-refractivity contribution in [3.63, 3.8) is 0 Å². The number of carbonyl (C=O) groups is 2. The van der Waals surface area contributed by atoms with Crippen LogP contribution in [-0.4, -0.2) is 44.0 Å². The van der Waals surface area contributed by atoms with Crippen LogP contribution in [0.15, 0.2) is 72.8 Å². The Kier molecular flexibility index (Phi) is 10.1. The molecular weight excluding hydrogens is 561 g/mol. The number of nitrogens with one attached hydrogen (secondary N) is 1. The molecular formula is C33H33F3N2O5. The average Bonchev–Trinajstić information content (AvgIpc) is 3.29. The maximum absolute atomic E-state index is 14.0. The first-order valence-corrected chi connectivity index (χ1v) is 13.9. The van der Waals surface area contributed by atoms with E-state index >= 15 is 0 Å². The van der Waals surface area contributed by atoms with Gasteiger partial charge in [-0.15, -0.1) is 0 Å². The minimum atomic E-state index is -1.24. The minimum Gasteiger partial charge on any atom is -0.481 e. The number of carbonyl (C=O) groups excluding carboxylic acids is 1. The monoisotopic (exact) mass is 594 g/mol. The quantitative estimate of drug-likeness (QED) is 0.148. The molecule has 0 saturated carbocycles. The van der Waals surface area contributed by atoms with Crippen LogP contribution in [0.4, 0.5) is 18.9 Å². The van der Waals surface area contributed by atoms with Gasteiger partial charge in [0.25, 0.3) is 5.91 Å². The number of hydrogen-bond acceptors (Lipinski definition) is 4. The summed E-state index contributed by atoms with van der Waals surface area (Å²) in [6, 6.07) is 16.3. The van der Waals surface area contributed by atoms with Gasteiger partial charge in [0.05, 0.1) is 18.6 Å². The molecule has 2 unspecified atom stereocenters. The summed E-state index contributed by atoms with van der Waals surface area (Å²) < 4.78 is 43.4. The zero-order valence-corrected chi connectivity index (χ0v) is 23.7. The van der Waals surface area contributed by atoms with Crippen molar-refractivity contribution in [1.29, 1.82) is 0 Å². The topological polar surface area (TPSA) is 112 Å². The molecule has 7 nitrogen and oxygen atoms in total. The summed E-state index contributed by atoms with van der Waals surface area (Å²) in [4.78, 5) is 25.0. The number of aromatic nitrogens is 1. The van der Waals surface area contributed by atoms with Crippen LogP contribution in [0.3, 0.4) is 0 Å². The molecule has 0 fully saturated rings. The molecule has 3 aromatic carbocycles. The molecule has 0 bridgehead atoms.